The van der Waals surface area contributed by atoms with Gasteiger partial charge in [-0.1, -0.05) is 0 Å². The largest absolute Gasteiger partial charge is 0.477 e. The van der Waals surface area contributed by atoms with Gasteiger partial charge >= 0.3 is 5.97 Å². The molecule has 0 radical (unpaired) electrons. The highest BCUT2D eigenvalue weighted by Crippen LogP contribution is 2.39. The van der Waals surface area contributed by atoms with Crippen molar-refractivity contribution in [3.63, 3.8) is 0 Å². The lowest BCUT2D eigenvalue weighted by molar-refractivity contribution is -0.149. The fourth-order valence-corrected chi connectivity index (χ4v) is 3.56. The van der Waals surface area contributed by atoms with Gasteiger partial charge in [0.1, 0.15) is 11.1 Å². The summed E-state index contributed by atoms with van der Waals surface area (Å²) in [6, 6.07) is -0.820. The van der Waals surface area contributed by atoms with Gasteiger partial charge in [0, 0.05) is 12.7 Å². The van der Waals surface area contributed by atoms with Crippen molar-refractivity contribution in [2.45, 2.75) is 18.3 Å². The van der Waals surface area contributed by atoms with E-state index in [-0.39, 0.29) is 5.70 Å². The maximum absolute atomic E-state index is 12.3. The number of carboxylic acids is 1. The molecule has 21 heavy (non-hydrogen) atoms. The molecule has 1 fully saturated rings. The summed E-state index contributed by atoms with van der Waals surface area (Å²) in [5, 5.41) is 20.3. The second-order valence-electron chi connectivity index (χ2n) is 4.37. The van der Waals surface area contributed by atoms with E-state index in [1.54, 1.807) is 0 Å². The number of rotatable bonds is 3. The third-order valence-electron chi connectivity index (χ3n) is 3.18. The van der Waals surface area contributed by atoms with E-state index in [0.717, 1.165) is 9.80 Å². The molecule has 10 nitrogen and oxygen atoms in total. The smallest absolute Gasteiger partial charge is 0.352 e. The fourth-order valence-electron chi connectivity index (χ4n) is 2.33. The number of hydrogen-bond donors (Lipinski definition) is 1. The number of aromatic nitrogens is 4. The van der Waals surface area contributed by atoms with Crippen molar-refractivity contribution < 1.29 is 19.5 Å². The average molecular weight is 310 g/mol. The van der Waals surface area contributed by atoms with Gasteiger partial charge < -0.3 is 5.11 Å². The van der Waals surface area contributed by atoms with Crippen molar-refractivity contribution in [1.82, 2.24) is 25.2 Å². The number of carbonyl (C=O) groups excluding carboxylic acids is 2. The van der Waals surface area contributed by atoms with Crippen LogP contribution < -0.4 is 5.01 Å². The van der Waals surface area contributed by atoms with Gasteiger partial charge in [-0.3, -0.25) is 14.5 Å². The van der Waals surface area contributed by atoms with Crippen LogP contribution in [0.3, 0.4) is 0 Å². The molecule has 3 heterocycles. The van der Waals surface area contributed by atoms with E-state index in [2.05, 4.69) is 15.5 Å². The van der Waals surface area contributed by atoms with Gasteiger partial charge in [-0.15, -0.1) is 21.7 Å². The Morgan fingerprint density at radius 3 is 2.86 bits per heavy atom. The topological polar surface area (TPSA) is 122 Å². The quantitative estimate of drug-likeness (QED) is 0.663. The summed E-state index contributed by atoms with van der Waals surface area (Å²) in [5.41, 5.74) is -0.0554. The maximum atomic E-state index is 12.3. The first-order valence-electron chi connectivity index (χ1n) is 5.93. The van der Waals surface area contributed by atoms with Crippen molar-refractivity contribution in [2.24, 2.45) is 0 Å². The van der Waals surface area contributed by atoms with E-state index < -0.39 is 29.2 Å². The molecule has 2 amide bonds. The standard InChI is InChI=1S/C10H10N6O4S/c1-5(17)16(14-4-11-12-13-14)7-8(18)15-6(10(19)20)2-3-21-9(7)15/h2,4,7,9H,3H2,1H3,(H,19,20)/t7-,9-/m1/s1. The third kappa shape index (κ3) is 1.96. The zero-order chi connectivity index (χ0) is 15.1. The van der Waals surface area contributed by atoms with Crippen LogP contribution in [0.2, 0.25) is 0 Å². The summed E-state index contributed by atoms with van der Waals surface area (Å²) in [7, 11) is 0. The minimum Gasteiger partial charge on any atom is -0.477 e. The van der Waals surface area contributed by atoms with Crippen LogP contribution >= 0.6 is 11.8 Å². The number of fused-ring (bicyclic) bond motifs is 1. The molecule has 0 aliphatic carbocycles. The lowest BCUT2D eigenvalue weighted by atomic mass is 10.0. The summed E-state index contributed by atoms with van der Waals surface area (Å²) in [5.74, 6) is -1.59. The number of tetrazole rings is 1. The average Bonchev–Trinajstić information content (AvgIpc) is 2.96. The molecule has 0 saturated carbocycles. The number of β-lactam (4-membered cyclic amide) rings is 1. The second-order valence-corrected chi connectivity index (χ2v) is 5.51. The maximum Gasteiger partial charge on any atom is 0.352 e. The molecule has 1 aromatic heterocycles. The Balaban J connectivity index is 1.92. The van der Waals surface area contributed by atoms with Crippen LogP contribution in [0.4, 0.5) is 0 Å². The fraction of sp³-hybridized carbons (Fsp3) is 0.400. The number of carbonyl (C=O) groups is 3. The Morgan fingerprint density at radius 1 is 1.52 bits per heavy atom. The van der Waals surface area contributed by atoms with Gasteiger partial charge in [-0.05, 0) is 16.5 Å². The predicted molar refractivity (Wildman–Crippen MR) is 69.3 cm³/mol. The third-order valence-corrected chi connectivity index (χ3v) is 4.35. The lowest BCUT2D eigenvalue weighted by Crippen LogP contribution is -2.73. The lowest BCUT2D eigenvalue weighted by Gasteiger charge is -2.50. The number of carboxylic acid groups (broad SMARTS) is 1. The minimum absolute atomic E-state index is 0.0554. The van der Waals surface area contributed by atoms with Gasteiger partial charge in [0.05, 0.1) is 0 Å². The van der Waals surface area contributed by atoms with Crippen molar-refractivity contribution in [2.75, 3.05) is 10.8 Å². The van der Waals surface area contributed by atoms with Gasteiger partial charge in [-0.2, -0.15) is 0 Å². The van der Waals surface area contributed by atoms with E-state index in [0.29, 0.717) is 5.75 Å². The van der Waals surface area contributed by atoms with Crippen LogP contribution in [-0.4, -0.2) is 65.3 Å². The molecule has 0 spiro atoms. The highest BCUT2D eigenvalue weighted by Gasteiger charge is 2.56. The molecule has 0 unspecified atom stereocenters. The van der Waals surface area contributed by atoms with Crippen molar-refractivity contribution in [3.05, 3.63) is 18.1 Å². The molecule has 1 aromatic rings. The second kappa shape index (κ2) is 4.84. The molecule has 110 valence electrons. The van der Waals surface area contributed by atoms with E-state index in [4.69, 9.17) is 5.11 Å². The Bertz CT molecular complexity index is 644. The van der Waals surface area contributed by atoms with E-state index in [9.17, 15) is 14.4 Å². The van der Waals surface area contributed by atoms with E-state index in [1.807, 2.05) is 0 Å². The van der Waals surface area contributed by atoms with E-state index in [1.165, 1.54) is 36.0 Å². The van der Waals surface area contributed by atoms with Crippen molar-refractivity contribution in [1.29, 1.82) is 0 Å². The summed E-state index contributed by atoms with van der Waals surface area (Å²) in [6.45, 7) is 1.29. The monoisotopic (exact) mass is 310 g/mol. The Hall–Kier alpha value is -2.43. The normalized spacial score (nSPS) is 24.0. The van der Waals surface area contributed by atoms with E-state index >= 15 is 0 Å². The highest BCUT2D eigenvalue weighted by atomic mass is 32.2. The summed E-state index contributed by atoms with van der Waals surface area (Å²) in [6.07, 6.45) is 2.69. The first kappa shape index (κ1) is 13.5. The Morgan fingerprint density at radius 2 is 2.29 bits per heavy atom. The molecule has 1 N–H and O–H groups in total. The van der Waals surface area contributed by atoms with Crippen LogP contribution in [0.1, 0.15) is 6.92 Å². The van der Waals surface area contributed by atoms with Gasteiger partial charge in [0.2, 0.25) is 5.91 Å². The molecule has 2 atom stereocenters. The predicted octanol–water partition coefficient (Wildman–Crippen LogP) is -1.59. The van der Waals surface area contributed by atoms with Crippen LogP contribution in [0.25, 0.3) is 0 Å². The first-order valence-corrected chi connectivity index (χ1v) is 6.98. The number of thioether (sulfide) groups is 1. The van der Waals surface area contributed by atoms with Gasteiger partial charge in [0.25, 0.3) is 5.91 Å². The SMILES string of the molecule is CC(=O)N([C@@H]1C(=O)N2C(C(=O)O)=CCS[C@H]12)n1cnnn1. The zero-order valence-corrected chi connectivity index (χ0v) is 11.6. The molecule has 0 bridgehead atoms. The molecule has 11 heteroatoms. The Kier molecular flexibility index (Phi) is 3.12. The number of aliphatic carboxylic acids is 1. The number of hydrogen-bond acceptors (Lipinski definition) is 7. The zero-order valence-electron chi connectivity index (χ0n) is 10.8. The van der Waals surface area contributed by atoms with Crippen LogP contribution in [0, 0.1) is 0 Å². The summed E-state index contributed by atoms with van der Waals surface area (Å²) >= 11 is 1.38. The molecular weight excluding hydrogens is 300 g/mol. The van der Waals surface area contributed by atoms with Gasteiger partial charge in [0.15, 0.2) is 12.4 Å². The molecule has 1 saturated heterocycles. The molecule has 2 aliphatic heterocycles. The molecule has 3 rings (SSSR count). The number of amides is 2. The van der Waals surface area contributed by atoms with Crippen LogP contribution in [0.5, 0.6) is 0 Å². The highest BCUT2D eigenvalue weighted by molar-refractivity contribution is 8.00. The van der Waals surface area contributed by atoms with Gasteiger partial charge in [-0.25, -0.2) is 9.80 Å². The molecular formula is C10H10N6O4S. The minimum atomic E-state index is -1.16. The van der Waals surface area contributed by atoms with Crippen LogP contribution in [0.15, 0.2) is 18.1 Å². The van der Waals surface area contributed by atoms with Crippen molar-refractivity contribution in [3.8, 4) is 0 Å². The number of nitrogens with zero attached hydrogens (tertiary/aromatic N) is 6. The molecule has 0 aromatic carbocycles. The summed E-state index contributed by atoms with van der Waals surface area (Å²) < 4.78 is 0. The summed E-state index contributed by atoms with van der Waals surface area (Å²) in [4.78, 5) is 37.5. The molecule has 2 aliphatic rings. The van der Waals surface area contributed by atoms with Crippen molar-refractivity contribution >= 4 is 29.5 Å². The Labute approximate surface area is 122 Å². The first-order chi connectivity index (χ1) is 10.0. The van der Waals surface area contributed by atoms with Crippen LogP contribution in [-0.2, 0) is 14.4 Å².